The van der Waals surface area contributed by atoms with Crippen molar-refractivity contribution in [1.29, 1.82) is 0 Å². The third-order valence-electron chi connectivity index (χ3n) is 8.89. The van der Waals surface area contributed by atoms with Crippen LogP contribution in [0.3, 0.4) is 0 Å². The lowest BCUT2D eigenvalue weighted by Crippen LogP contribution is -2.37. The molecule has 1 aromatic carbocycles. The van der Waals surface area contributed by atoms with Crippen molar-refractivity contribution in [3.05, 3.63) is 22.3 Å². The van der Waals surface area contributed by atoms with Crippen LogP contribution in [-0.2, 0) is 20.7 Å². The minimum atomic E-state index is -0.408. The van der Waals surface area contributed by atoms with E-state index < -0.39 is 5.97 Å². The van der Waals surface area contributed by atoms with Gasteiger partial charge in [-0.15, -0.1) is 0 Å². The molecule has 5 heteroatoms. The molecule has 1 aliphatic rings. The predicted molar refractivity (Wildman–Crippen MR) is 164 cm³/mol. The van der Waals surface area contributed by atoms with Crippen molar-refractivity contribution in [3.8, 4) is 11.5 Å². The van der Waals surface area contributed by atoms with Crippen molar-refractivity contribution in [2.45, 2.75) is 151 Å². The Balaban J connectivity index is 1.87. The molecule has 0 N–H and O–H groups in total. The molecule has 0 unspecified atom stereocenters. The van der Waals surface area contributed by atoms with Crippen molar-refractivity contribution in [1.82, 2.24) is 0 Å². The maximum Gasteiger partial charge on any atom is 0.311 e. The van der Waals surface area contributed by atoms with Gasteiger partial charge in [0, 0.05) is 5.56 Å². The summed E-state index contributed by atoms with van der Waals surface area (Å²) in [7, 11) is 0. The average Bonchev–Trinajstić information content (AvgIpc) is 2.88. The molecule has 0 amide bonds. The van der Waals surface area contributed by atoms with Crippen LogP contribution < -0.4 is 9.47 Å². The van der Waals surface area contributed by atoms with Gasteiger partial charge in [0.25, 0.3) is 0 Å². The lowest BCUT2D eigenvalue weighted by atomic mass is 9.83. The van der Waals surface area contributed by atoms with E-state index in [0.29, 0.717) is 12.4 Å². The van der Waals surface area contributed by atoms with Crippen LogP contribution in [0.15, 0.2) is 0 Å². The molecule has 0 aromatic heterocycles. The van der Waals surface area contributed by atoms with Gasteiger partial charge in [-0.1, -0.05) is 72.6 Å². The lowest BCUT2D eigenvalue weighted by molar-refractivity contribution is -0.146. The van der Waals surface area contributed by atoms with Gasteiger partial charge in [-0.3, -0.25) is 9.59 Å². The van der Waals surface area contributed by atoms with E-state index in [1.165, 1.54) is 51.4 Å². The zero-order chi connectivity index (χ0) is 29.9. The molecule has 40 heavy (non-hydrogen) atoms. The Hall–Kier alpha value is -2.04. The molecule has 3 atom stereocenters. The number of benzene rings is 1. The Morgan fingerprint density at radius 1 is 0.825 bits per heavy atom. The quantitative estimate of drug-likeness (QED) is 0.141. The number of fused-ring (bicyclic) bond motifs is 1. The van der Waals surface area contributed by atoms with Gasteiger partial charge < -0.3 is 14.2 Å². The van der Waals surface area contributed by atoms with E-state index in [9.17, 15) is 9.59 Å². The van der Waals surface area contributed by atoms with E-state index >= 15 is 0 Å². The molecule has 0 fully saturated rings. The van der Waals surface area contributed by atoms with Crippen molar-refractivity contribution in [2.24, 2.45) is 17.8 Å². The summed E-state index contributed by atoms with van der Waals surface area (Å²) in [4.78, 5) is 24.1. The van der Waals surface area contributed by atoms with E-state index in [2.05, 4.69) is 41.5 Å². The number of hydrogen-bond acceptors (Lipinski definition) is 5. The first-order valence-electron chi connectivity index (χ1n) is 16.0. The Labute approximate surface area is 245 Å². The Kier molecular flexibility index (Phi) is 14.0. The summed E-state index contributed by atoms with van der Waals surface area (Å²) in [6.45, 7) is 19.9. The molecule has 2 rings (SSSR count). The second kappa shape index (κ2) is 16.4. The number of rotatable bonds is 17. The highest BCUT2D eigenvalue weighted by molar-refractivity contribution is 5.80. The fourth-order valence-corrected chi connectivity index (χ4v) is 6.02. The van der Waals surface area contributed by atoms with Gasteiger partial charge >= 0.3 is 11.9 Å². The maximum absolute atomic E-state index is 12.5. The molecule has 228 valence electrons. The first kappa shape index (κ1) is 34.2. The van der Waals surface area contributed by atoms with Crippen LogP contribution in [0, 0.1) is 38.5 Å². The summed E-state index contributed by atoms with van der Waals surface area (Å²) in [6, 6.07) is 0. The van der Waals surface area contributed by atoms with E-state index in [4.69, 9.17) is 14.2 Å². The fraction of sp³-hybridized carbons (Fsp3) is 0.771. The Bertz CT molecular complexity index is 965. The van der Waals surface area contributed by atoms with Crippen LogP contribution in [0.1, 0.15) is 141 Å². The van der Waals surface area contributed by atoms with Crippen LogP contribution in [0.5, 0.6) is 11.5 Å². The highest BCUT2D eigenvalue weighted by Crippen LogP contribution is 2.45. The van der Waals surface area contributed by atoms with Gasteiger partial charge in [0.05, 0.1) is 19.4 Å². The average molecular weight is 559 g/mol. The Morgan fingerprint density at radius 2 is 1.40 bits per heavy atom. The number of carbonyl (C=O) groups is 2. The van der Waals surface area contributed by atoms with Crippen molar-refractivity contribution >= 4 is 11.9 Å². The van der Waals surface area contributed by atoms with Crippen LogP contribution in [0.2, 0.25) is 0 Å². The smallest absolute Gasteiger partial charge is 0.311 e. The first-order chi connectivity index (χ1) is 18.9. The number of carbonyl (C=O) groups excluding carboxylic acids is 2. The summed E-state index contributed by atoms with van der Waals surface area (Å²) in [6.07, 6.45) is 13.6. The zero-order valence-corrected chi connectivity index (χ0v) is 27.2. The number of ether oxygens (including phenoxy) is 3. The van der Waals surface area contributed by atoms with Crippen molar-refractivity contribution < 1.29 is 23.8 Å². The Morgan fingerprint density at radius 3 is 2.00 bits per heavy atom. The van der Waals surface area contributed by atoms with Gasteiger partial charge in [-0.25, -0.2) is 0 Å². The maximum atomic E-state index is 12.5. The van der Waals surface area contributed by atoms with Crippen LogP contribution in [0.25, 0.3) is 0 Å². The lowest BCUT2D eigenvalue weighted by Gasteiger charge is -2.38. The zero-order valence-electron chi connectivity index (χ0n) is 27.2. The van der Waals surface area contributed by atoms with Gasteiger partial charge in [0.15, 0.2) is 0 Å². The fourth-order valence-electron chi connectivity index (χ4n) is 6.02. The molecule has 0 saturated heterocycles. The molecule has 0 radical (unpaired) electrons. The van der Waals surface area contributed by atoms with Gasteiger partial charge in [-0.2, -0.15) is 0 Å². The minimum absolute atomic E-state index is 0.0121. The van der Waals surface area contributed by atoms with Crippen LogP contribution in [-0.4, -0.2) is 24.1 Å². The molecule has 0 saturated carbocycles. The molecule has 0 aliphatic carbocycles. The third-order valence-corrected chi connectivity index (χ3v) is 8.89. The largest absolute Gasteiger partial charge is 0.487 e. The topological polar surface area (TPSA) is 61.8 Å². The molecule has 1 heterocycles. The molecule has 1 aliphatic heterocycles. The standard InChI is InChI=1S/C35H58O5/c1-10-38-31(36)19-20-32(37)39-33-27(6)28(7)34-30(29(33)8)21-23-35(9,40-34)22-13-18-26(5)17-12-16-25(4)15-11-14-24(2)3/h24-26H,10-23H2,1-9H3/t25-,26-,35-/m1/s1. The number of hydrogen-bond donors (Lipinski definition) is 0. The van der Waals surface area contributed by atoms with Gasteiger partial charge in [-0.05, 0) is 94.7 Å². The molecule has 0 spiro atoms. The highest BCUT2D eigenvalue weighted by atomic mass is 16.5. The summed E-state index contributed by atoms with van der Waals surface area (Å²) in [5.41, 5.74) is 3.91. The van der Waals surface area contributed by atoms with E-state index in [-0.39, 0.29) is 24.4 Å². The van der Waals surface area contributed by atoms with E-state index in [0.717, 1.165) is 65.0 Å². The van der Waals surface area contributed by atoms with Gasteiger partial charge in [0.2, 0.25) is 0 Å². The van der Waals surface area contributed by atoms with E-state index in [1.807, 2.05) is 13.8 Å². The summed E-state index contributed by atoms with van der Waals surface area (Å²) < 4.78 is 17.4. The van der Waals surface area contributed by atoms with Crippen LogP contribution >= 0.6 is 0 Å². The predicted octanol–water partition coefficient (Wildman–Crippen LogP) is 9.38. The number of esters is 2. The molecule has 5 nitrogen and oxygen atoms in total. The summed E-state index contributed by atoms with van der Waals surface area (Å²) in [5, 5.41) is 0. The molecule has 1 aromatic rings. The van der Waals surface area contributed by atoms with Crippen LogP contribution in [0.4, 0.5) is 0 Å². The second-order valence-electron chi connectivity index (χ2n) is 13.2. The first-order valence-corrected chi connectivity index (χ1v) is 16.0. The molecular formula is C35H58O5. The minimum Gasteiger partial charge on any atom is -0.487 e. The highest BCUT2D eigenvalue weighted by Gasteiger charge is 2.34. The summed E-state index contributed by atoms with van der Waals surface area (Å²) >= 11 is 0. The third kappa shape index (κ3) is 10.7. The molecule has 0 bridgehead atoms. The molecular weight excluding hydrogens is 500 g/mol. The van der Waals surface area contributed by atoms with Gasteiger partial charge in [0.1, 0.15) is 17.1 Å². The normalized spacial score (nSPS) is 18.1. The summed E-state index contributed by atoms with van der Waals surface area (Å²) in [5.74, 6) is 3.23. The van der Waals surface area contributed by atoms with E-state index in [1.54, 1.807) is 6.92 Å². The monoisotopic (exact) mass is 558 g/mol. The second-order valence-corrected chi connectivity index (χ2v) is 13.2. The van der Waals surface area contributed by atoms with Crippen molar-refractivity contribution in [2.75, 3.05) is 6.61 Å². The van der Waals surface area contributed by atoms with Crippen molar-refractivity contribution in [3.63, 3.8) is 0 Å². The SMILES string of the molecule is CCOC(=O)CCC(=O)Oc1c(C)c(C)c2c(c1C)CC[C@@](C)(CCC[C@H](C)CCC[C@H](C)CCCC(C)C)O2.